The van der Waals surface area contributed by atoms with Crippen molar-refractivity contribution in [2.45, 2.75) is 19.3 Å². The number of benzene rings is 2. The van der Waals surface area contributed by atoms with Crippen molar-refractivity contribution in [1.29, 1.82) is 0 Å². The van der Waals surface area contributed by atoms with Gasteiger partial charge in [0, 0.05) is 10.6 Å². The molecule has 0 amide bonds. The zero-order valence-electron chi connectivity index (χ0n) is 14.6. The molecule has 2 heteroatoms. The van der Waals surface area contributed by atoms with Crippen LogP contribution in [0.1, 0.15) is 30.4 Å². The van der Waals surface area contributed by atoms with Crippen molar-refractivity contribution in [2.75, 3.05) is 26.2 Å². The van der Waals surface area contributed by atoms with E-state index < -0.39 is 0 Å². The van der Waals surface area contributed by atoms with Crippen molar-refractivity contribution in [1.82, 2.24) is 0 Å². The second-order valence-corrected chi connectivity index (χ2v) is 7.25. The number of nitrogens with zero attached hydrogens (tertiary/aromatic N) is 1. The Bertz CT molecular complexity index is 744. The number of quaternary nitrogens is 1. The highest BCUT2D eigenvalue weighted by Crippen LogP contribution is 2.19. The maximum absolute atomic E-state index is 5.94. The Morgan fingerprint density at radius 3 is 2.36 bits per heavy atom. The Balaban J connectivity index is 1.66. The zero-order chi connectivity index (χ0) is 17.4. The summed E-state index contributed by atoms with van der Waals surface area (Å²) in [5, 5.41) is 0.760. The first kappa shape index (κ1) is 17.8. The molecule has 1 nitrogen and oxygen atoms in total. The van der Waals surface area contributed by atoms with Crippen LogP contribution in [0.25, 0.3) is 6.08 Å². The van der Waals surface area contributed by atoms with E-state index in [1.165, 1.54) is 37.9 Å². The fraction of sp³-hybridized carbons (Fsp3) is 0.304. The summed E-state index contributed by atoms with van der Waals surface area (Å²) in [5.41, 5.74) is 2.31. The summed E-state index contributed by atoms with van der Waals surface area (Å²) < 4.78 is 1.09. The highest BCUT2D eigenvalue weighted by atomic mass is 35.5. The summed E-state index contributed by atoms with van der Waals surface area (Å²) in [6.07, 6.45) is 8.53. The number of likely N-dealkylation sites (tertiary alicyclic amines) is 1. The van der Waals surface area contributed by atoms with Gasteiger partial charge in [0.25, 0.3) is 0 Å². The SMILES string of the molecule is Clc1ccc(C#CC[N+]2(CC=Cc3ccccc3)CCCCC2)cc1. The van der Waals surface area contributed by atoms with Gasteiger partial charge >= 0.3 is 0 Å². The summed E-state index contributed by atoms with van der Waals surface area (Å²) in [5.74, 6) is 6.73. The van der Waals surface area contributed by atoms with Crippen molar-refractivity contribution in [2.24, 2.45) is 0 Å². The van der Waals surface area contributed by atoms with Gasteiger partial charge in [-0.3, -0.25) is 0 Å². The van der Waals surface area contributed by atoms with Crippen molar-refractivity contribution < 1.29 is 4.48 Å². The van der Waals surface area contributed by atoms with Crippen LogP contribution in [0.2, 0.25) is 5.02 Å². The number of hydrogen-bond donors (Lipinski definition) is 0. The molecule has 0 aliphatic carbocycles. The lowest BCUT2D eigenvalue weighted by atomic mass is 10.1. The molecule has 0 aromatic heterocycles. The molecule has 0 radical (unpaired) electrons. The molecule has 0 spiro atoms. The van der Waals surface area contributed by atoms with Crippen LogP contribution >= 0.6 is 11.6 Å². The van der Waals surface area contributed by atoms with E-state index in [0.29, 0.717) is 0 Å². The minimum Gasteiger partial charge on any atom is -0.310 e. The predicted molar refractivity (Wildman–Crippen MR) is 107 cm³/mol. The lowest BCUT2D eigenvalue weighted by Gasteiger charge is -2.39. The quantitative estimate of drug-likeness (QED) is 0.511. The number of halogens is 1. The number of hydrogen-bond acceptors (Lipinski definition) is 0. The molecule has 1 saturated heterocycles. The van der Waals surface area contributed by atoms with E-state index in [4.69, 9.17) is 11.6 Å². The smallest absolute Gasteiger partial charge is 0.141 e. The molecule has 1 fully saturated rings. The van der Waals surface area contributed by atoms with Crippen molar-refractivity contribution in [3.05, 3.63) is 76.8 Å². The van der Waals surface area contributed by atoms with E-state index >= 15 is 0 Å². The first-order chi connectivity index (χ1) is 12.3. The molecule has 1 heterocycles. The molecular formula is C23H25ClN+. The van der Waals surface area contributed by atoms with Gasteiger partial charge in [-0.05, 0) is 61.1 Å². The molecular weight excluding hydrogens is 326 g/mol. The average molecular weight is 351 g/mol. The zero-order valence-corrected chi connectivity index (χ0v) is 15.4. The van der Waals surface area contributed by atoms with E-state index in [9.17, 15) is 0 Å². The molecule has 0 unspecified atom stereocenters. The van der Waals surface area contributed by atoms with E-state index in [-0.39, 0.29) is 0 Å². The summed E-state index contributed by atoms with van der Waals surface area (Å²) in [6, 6.07) is 18.3. The number of piperidine rings is 1. The third-order valence-corrected chi connectivity index (χ3v) is 5.11. The van der Waals surface area contributed by atoms with Crippen LogP contribution in [0.3, 0.4) is 0 Å². The Hall–Kier alpha value is -2.01. The van der Waals surface area contributed by atoms with Crippen molar-refractivity contribution in [3.63, 3.8) is 0 Å². The van der Waals surface area contributed by atoms with Gasteiger partial charge in [-0.25, -0.2) is 0 Å². The van der Waals surface area contributed by atoms with Crippen LogP contribution in [0.15, 0.2) is 60.7 Å². The minimum absolute atomic E-state index is 0.760. The third kappa shape index (κ3) is 5.49. The molecule has 1 aliphatic rings. The predicted octanol–water partition coefficient (Wildman–Crippen LogP) is 5.41. The van der Waals surface area contributed by atoms with Crippen molar-refractivity contribution >= 4 is 17.7 Å². The van der Waals surface area contributed by atoms with Gasteiger partial charge in [0.05, 0.1) is 19.6 Å². The summed E-state index contributed by atoms with van der Waals surface area (Å²) in [6.45, 7) is 4.44. The van der Waals surface area contributed by atoms with E-state index in [2.05, 4.69) is 54.3 Å². The van der Waals surface area contributed by atoms with Crippen LogP contribution in [0, 0.1) is 11.8 Å². The topological polar surface area (TPSA) is 0 Å². The Morgan fingerprint density at radius 2 is 1.64 bits per heavy atom. The molecule has 25 heavy (non-hydrogen) atoms. The normalized spacial score (nSPS) is 16.4. The minimum atomic E-state index is 0.760. The lowest BCUT2D eigenvalue weighted by Crippen LogP contribution is -2.51. The van der Waals surface area contributed by atoms with Crippen LogP contribution in [0.5, 0.6) is 0 Å². The summed E-state index contributed by atoms with van der Waals surface area (Å²) in [4.78, 5) is 0. The van der Waals surface area contributed by atoms with Crippen LogP contribution in [-0.2, 0) is 0 Å². The second kappa shape index (κ2) is 8.90. The molecule has 0 N–H and O–H groups in total. The maximum Gasteiger partial charge on any atom is 0.141 e. The van der Waals surface area contributed by atoms with Crippen LogP contribution in [-0.4, -0.2) is 30.7 Å². The Kier molecular flexibility index (Phi) is 6.34. The Labute approximate surface area is 156 Å². The maximum atomic E-state index is 5.94. The van der Waals surface area contributed by atoms with Gasteiger partial charge in [-0.2, -0.15) is 0 Å². The van der Waals surface area contributed by atoms with E-state index in [1.54, 1.807) is 0 Å². The monoisotopic (exact) mass is 350 g/mol. The molecule has 0 bridgehead atoms. The highest BCUT2D eigenvalue weighted by molar-refractivity contribution is 6.30. The van der Waals surface area contributed by atoms with Gasteiger partial charge < -0.3 is 4.48 Å². The van der Waals surface area contributed by atoms with Gasteiger partial charge in [0.2, 0.25) is 0 Å². The van der Waals surface area contributed by atoms with E-state index in [1.807, 2.05) is 24.3 Å². The van der Waals surface area contributed by atoms with Gasteiger partial charge in [0.15, 0.2) is 0 Å². The fourth-order valence-electron chi connectivity index (χ4n) is 3.41. The highest BCUT2D eigenvalue weighted by Gasteiger charge is 2.27. The fourth-order valence-corrected chi connectivity index (χ4v) is 3.53. The first-order valence-corrected chi connectivity index (χ1v) is 9.45. The van der Waals surface area contributed by atoms with Crippen LogP contribution < -0.4 is 0 Å². The largest absolute Gasteiger partial charge is 0.310 e. The van der Waals surface area contributed by atoms with Crippen molar-refractivity contribution in [3.8, 4) is 11.8 Å². The van der Waals surface area contributed by atoms with Gasteiger partial charge in [-0.1, -0.05) is 53.9 Å². The second-order valence-electron chi connectivity index (χ2n) is 6.81. The molecule has 128 valence electrons. The van der Waals surface area contributed by atoms with Crippen LogP contribution in [0.4, 0.5) is 0 Å². The molecule has 2 aromatic rings. The number of rotatable bonds is 4. The third-order valence-electron chi connectivity index (χ3n) is 4.86. The molecule has 3 rings (SSSR count). The summed E-state index contributed by atoms with van der Waals surface area (Å²) >= 11 is 5.94. The van der Waals surface area contributed by atoms with E-state index in [0.717, 1.165) is 28.2 Å². The Morgan fingerprint density at radius 1 is 0.920 bits per heavy atom. The molecule has 2 aromatic carbocycles. The molecule has 0 saturated carbocycles. The average Bonchev–Trinajstić information content (AvgIpc) is 2.65. The lowest BCUT2D eigenvalue weighted by molar-refractivity contribution is -0.920. The molecule has 1 aliphatic heterocycles. The molecule has 0 atom stereocenters. The first-order valence-electron chi connectivity index (χ1n) is 9.07. The van der Waals surface area contributed by atoms with Gasteiger partial charge in [-0.15, -0.1) is 0 Å². The van der Waals surface area contributed by atoms with Gasteiger partial charge in [0.1, 0.15) is 6.54 Å². The summed E-state index contributed by atoms with van der Waals surface area (Å²) in [7, 11) is 0. The standard InChI is InChI=1S/C23H25ClN/c24-23-15-13-22(14-16-23)12-8-20-25(17-5-2-6-18-25)19-7-11-21-9-3-1-4-10-21/h1,3-4,7,9-11,13-16H,2,5-6,17-20H2/q+1.